The van der Waals surface area contributed by atoms with Crippen LogP contribution in [0.4, 0.5) is 0 Å². The van der Waals surface area contributed by atoms with Crippen LogP contribution in [0.3, 0.4) is 0 Å². The average molecular weight is 220 g/mol. The molecular formula is C13H20N2O. The summed E-state index contributed by atoms with van der Waals surface area (Å²) < 4.78 is 5.15. The molecule has 0 bridgehead atoms. The van der Waals surface area contributed by atoms with E-state index in [9.17, 15) is 0 Å². The maximum atomic E-state index is 6.15. The summed E-state index contributed by atoms with van der Waals surface area (Å²) in [6.45, 7) is 1.75. The van der Waals surface area contributed by atoms with E-state index in [2.05, 4.69) is 36.2 Å². The molecule has 1 saturated heterocycles. The van der Waals surface area contributed by atoms with Gasteiger partial charge < -0.3 is 10.5 Å². The second-order valence-corrected chi connectivity index (χ2v) is 4.56. The second-order valence-electron chi connectivity index (χ2n) is 4.56. The van der Waals surface area contributed by atoms with E-state index in [4.69, 9.17) is 10.5 Å². The molecule has 1 heterocycles. The van der Waals surface area contributed by atoms with Gasteiger partial charge in [-0.15, -0.1) is 0 Å². The van der Waals surface area contributed by atoms with Gasteiger partial charge in [0.2, 0.25) is 0 Å². The molecule has 1 aromatic rings. The standard InChI is InChI=1S/C13H20N2O/c1-15-7-6-12(14)13(15)11-5-3-4-10(8-11)9-16-2/h3-5,8,12-13H,6-7,9,14H2,1-2H3. The van der Waals surface area contributed by atoms with Crippen LogP contribution < -0.4 is 5.73 Å². The molecule has 1 fully saturated rings. The Morgan fingerprint density at radius 3 is 2.94 bits per heavy atom. The summed E-state index contributed by atoms with van der Waals surface area (Å²) in [5, 5.41) is 0. The molecule has 1 aromatic carbocycles. The lowest BCUT2D eigenvalue weighted by Gasteiger charge is -2.23. The minimum atomic E-state index is 0.253. The number of nitrogens with two attached hydrogens (primary N) is 1. The molecule has 0 aliphatic carbocycles. The minimum absolute atomic E-state index is 0.253. The van der Waals surface area contributed by atoms with Gasteiger partial charge in [0.15, 0.2) is 0 Å². The van der Waals surface area contributed by atoms with Gasteiger partial charge in [0, 0.05) is 25.7 Å². The molecule has 3 heteroatoms. The van der Waals surface area contributed by atoms with Gasteiger partial charge in [0.1, 0.15) is 0 Å². The Balaban J connectivity index is 2.22. The number of rotatable bonds is 3. The van der Waals surface area contributed by atoms with Gasteiger partial charge in [0.25, 0.3) is 0 Å². The van der Waals surface area contributed by atoms with E-state index in [0.29, 0.717) is 12.6 Å². The molecule has 0 amide bonds. The molecule has 1 aliphatic heterocycles. The summed E-state index contributed by atoms with van der Waals surface area (Å²) >= 11 is 0. The predicted octanol–water partition coefficient (Wildman–Crippen LogP) is 1.54. The zero-order valence-electron chi connectivity index (χ0n) is 10.0. The molecule has 16 heavy (non-hydrogen) atoms. The van der Waals surface area contributed by atoms with Gasteiger partial charge in [-0.2, -0.15) is 0 Å². The summed E-state index contributed by atoms with van der Waals surface area (Å²) in [6, 6.07) is 9.15. The molecule has 0 saturated carbocycles. The Morgan fingerprint density at radius 2 is 2.31 bits per heavy atom. The predicted molar refractivity (Wildman–Crippen MR) is 65.1 cm³/mol. The SMILES string of the molecule is COCc1cccc(C2C(N)CCN2C)c1. The van der Waals surface area contributed by atoms with Crippen LogP contribution in [0, 0.1) is 0 Å². The first-order chi connectivity index (χ1) is 7.72. The summed E-state index contributed by atoms with van der Waals surface area (Å²) in [7, 11) is 3.86. The molecule has 0 spiro atoms. The quantitative estimate of drug-likeness (QED) is 0.839. The van der Waals surface area contributed by atoms with Crippen LogP contribution >= 0.6 is 0 Å². The molecule has 2 atom stereocenters. The van der Waals surface area contributed by atoms with Gasteiger partial charge >= 0.3 is 0 Å². The Kier molecular flexibility index (Phi) is 3.59. The summed E-state index contributed by atoms with van der Waals surface area (Å²) in [6.07, 6.45) is 1.08. The maximum absolute atomic E-state index is 6.15. The average Bonchev–Trinajstić information content (AvgIpc) is 2.59. The second kappa shape index (κ2) is 4.95. The highest BCUT2D eigenvalue weighted by atomic mass is 16.5. The Labute approximate surface area is 97.2 Å². The van der Waals surface area contributed by atoms with Crippen LogP contribution in [0.25, 0.3) is 0 Å². The fourth-order valence-electron chi connectivity index (χ4n) is 2.51. The van der Waals surface area contributed by atoms with Crippen molar-refractivity contribution in [2.75, 3.05) is 20.7 Å². The van der Waals surface area contributed by atoms with Crippen molar-refractivity contribution in [2.45, 2.75) is 25.1 Å². The van der Waals surface area contributed by atoms with E-state index in [1.807, 2.05) is 0 Å². The van der Waals surface area contributed by atoms with E-state index in [1.54, 1.807) is 7.11 Å². The van der Waals surface area contributed by atoms with Crippen LogP contribution in [-0.4, -0.2) is 31.6 Å². The first kappa shape index (κ1) is 11.6. The summed E-state index contributed by atoms with van der Waals surface area (Å²) in [4.78, 5) is 2.33. The fraction of sp³-hybridized carbons (Fsp3) is 0.538. The van der Waals surface area contributed by atoms with Crippen LogP contribution in [0.2, 0.25) is 0 Å². The van der Waals surface area contributed by atoms with E-state index in [1.165, 1.54) is 11.1 Å². The van der Waals surface area contributed by atoms with Crippen LogP contribution in [0.1, 0.15) is 23.6 Å². The number of likely N-dealkylation sites (tertiary alicyclic amines) is 1. The number of benzene rings is 1. The van der Waals surface area contributed by atoms with Gasteiger partial charge in [0.05, 0.1) is 6.61 Å². The van der Waals surface area contributed by atoms with Crippen LogP contribution in [0.5, 0.6) is 0 Å². The maximum Gasteiger partial charge on any atom is 0.0713 e. The lowest BCUT2D eigenvalue weighted by Crippen LogP contribution is -2.29. The van der Waals surface area contributed by atoms with Crippen molar-refractivity contribution in [2.24, 2.45) is 5.73 Å². The molecule has 2 rings (SSSR count). The molecule has 0 aromatic heterocycles. The lowest BCUT2D eigenvalue weighted by atomic mass is 9.99. The monoisotopic (exact) mass is 220 g/mol. The summed E-state index contributed by atoms with van der Waals surface area (Å²) in [5.41, 5.74) is 8.68. The van der Waals surface area contributed by atoms with Crippen LogP contribution in [0.15, 0.2) is 24.3 Å². The molecule has 0 radical (unpaired) electrons. The van der Waals surface area contributed by atoms with Crippen molar-refractivity contribution in [1.82, 2.24) is 4.90 Å². The Bertz CT molecular complexity index is 344. The smallest absolute Gasteiger partial charge is 0.0713 e. The molecular weight excluding hydrogens is 200 g/mol. The number of hydrogen-bond donors (Lipinski definition) is 1. The van der Waals surface area contributed by atoms with Crippen molar-refractivity contribution in [3.05, 3.63) is 35.4 Å². The van der Waals surface area contributed by atoms with Gasteiger partial charge in [-0.25, -0.2) is 0 Å². The zero-order chi connectivity index (χ0) is 11.5. The fourth-order valence-corrected chi connectivity index (χ4v) is 2.51. The molecule has 2 unspecified atom stereocenters. The van der Waals surface area contributed by atoms with Crippen molar-refractivity contribution < 1.29 is 4.74 Å². The topological polar surface area (TPSA) is 38.5 Å². The van der Waals surface area contributed by atoms with Gasteiger partial charge in [-0.3, -0.25) is 4.90 Å². The third-order valence-electron chi connectivity index (χ3n) is 3.30. The Morgan fingerprint density at radius 1 is 1.50 bits per heavy atom. The van der Waals surface area contributed by atoms with Crippen molar-refractivity contribution in [1.29, 1.82) is 0 Å². The largest absolute Gasteiger partial charge is 0.380 e. The number of hydrogen-bond acceptors (Lipinski definition) is 3. The zero-order valence-corrected chi connectivity index (χ0v) is 10.0. The van der Waals surface area contributed by atoms with E-state index >= 15 is 0 Å². The van der Waals surface area contributed by atoms with Crippen LogP contribution in [-0.2, 0) is 11.3 Å². The molecule has 3 nitrogen and oxygen atoms in total. The lowest BCUT2D eigenvalue weighted by molar-refractivity contribution is 0.184. The number of likely N-dealkylation sites (N-methyl/N-ethyl adjacent to an activating group) is 1. The highest BCUT2D eigenvalue weighted by Crippen LogP contribution is 2.29. The highest BCUT2D eigenvalue weighted by Gasteiger charge is 2.30. The molecule has 88 valence electrons. The first-order valence-corrected chi connectivity index (χ1v) is 5.76. The molecule has 2 N–H and O–H groups in total. The normalized spacial score (nSPS) is 26.2. The van der Waals surface area contributed by atoms with Gasteiger partial charge in [-0.1, -0.05) is 24.3 Å². The third-order valence-corrected chi connectivity index (χ3v) is 3.30. The van der Waals surface area contributed by atoms with Crippen molar-refractivity contribution in [3.63, 3.8) is 0 Å². The number of ether oxygens (including phenoxy) is 1. The first-order valence-electron chi connectivity index (χ1n) is 5.76. The number of nitrogens with zero attached hydrogens (tertiary/aromatic N) is 1. The van der Waals surface area contributed by atoms with Crippen molar-refractivity contribution >= 4 is 0 Å². The van der Waals surface area contributed by atoms with E-state index in [0.717, 1.165) is 13.0 Å². The third kappa shape index (κ3) is 2.26. The highest BCUT2D eigenvalue weighted by molar-refractivity contribution is 5.27. The minimum Gasteiger partial charge on any atom is -0.380 e. The molecule has 1 aliphatic rings. The Hall–Kier alpha value is -0.900. The van der Waals surface area contributed by atoms with Gasteiger partial charge in [-0.05, 0) is 24.6 Å². The van der Waals surface area contributed by atoms with E-state index in [-0.39, 0.29) is 6.04 Å². The van der Waals surface area contributed by atoms with Crippen molar-refractivity contribution in [3.8, 4) is 0 Å². The summed E-state index contributed by atoms with van der Waals surface area (Å²) in [5.74, 6) is 0. The van der Waals surface area contributed by atoms with E-state index < -0.39 is 0 Å². The number of methoxy groups -OCH3 is 1.